The Hall–Kier alpha value is -2.09. The molecule has 1 aromatic carbocycles. The maximum absolute atomic E-state index is 10.6. The number of hydrogen-bond donors (Lipinski definition) is 1. The first-order chi connectivity index (χ1) is 8.70. The van der Waals surface area contributed by atoms with Crippen molar-refractivity contribution in [2.75, 3.05) is 11.9 Å². The second-order valence-electron chi connectivity index (χ2n) is 4.63. The molecule has 5 heteroatoms. The Balaban J connectivity index is 2.07. The zero-order chi connectivity index (χ0) is 13.0. The van der Waals surface area contributed by atoms with Gasteiger partial charge in [0, 0.05) is 18.7 Å². The molecule has 1 aliphatic carbocycles. The number of hydrogen-bond acceptors (Lipinski definition) is 4. The van der Waals surface area contributed by atoms with Gasteiger partial charge in [-0.2, -0.15) is 5.26 Å². The van der Waals surface area contributed by atoms with Gasteiger partial charge in [-0.05, 0) is 24.8 Å². The Morgan fingerprint density at radius 1 is 1.44 bits per heavy atom. The van der Waals surface area contributed by atoms with Crippen LogP contribution < -0.4 is 5.32 Å². The van der Waals surface area contributed by atoms with Crippen molar-refractivity contribution < 1.29 is 4.92 Å². The van der Waals surface area contributed by atoms with Crippen LogP contribution in [-0.2, 0) is 0 Å². The largest absolute Gasteiger partial charge is 0.384 e. The van der Waals surface area contributed by atoms with Crippen LogP contribution in [0.15, 0.2) is 18.2 Å². The van der Waals surface area contributed by atoms with Crippen LogP contribution in [0.5, 0.6) is 0 Å². The third-order valence-corrected chi connectivity index (χ3v) is 3.39. The van der Waals surface area contributed by atoms with E-state index in [1.54, 1.807) is 6.07 Å². The highest BCUT2D eigenvalue weighted by molar-refractivity contribution is 5.61. The van der Waals surface area contributed by atoms with Crippen molar-refractivity contribution in [3.63, 3.8) is 0 Å². The van der Waals surface area contributed by atoms with Gasteiger partial charge >= 0.3 is 0 Å². The molecule has 5 nitrogen and oxygen atoms in total. The lowest BCUT2D eigenvalue weighted by atomic mass is 10.1. The predicted octanol–water partition coefficient (Wildman–Crippen LogP) is 3.07. The fraction of sp³-hybridized carbons (Fsp3) is 0.462. The van der Waals surface area contributed by atoms with Crippen LogP contribution >= 0.6 is 0 Å². The summed E-state index contributed by atoms with van der Waals surface area (Å²) >= 11 is 0. The van der Waals surface area contributed by atoms with E-state index in [0.29, 0.717) is 17.2 Å². The SMILES string of the molecule is N#Cc1cc([N+](=O)[O-])ccc1NCC1CCCC1. The number of benzene rings is 1. The fourth-order valence-corrected chi connectivity index (χ4v) is 2.36. The van der Waals surface area contributed by atoms with Crippen molar-refractivity contribution in [1.82, 2.24) is 0 Å². The highest BCUT2D eigenvalue weighted by Gasteiger charge is 2.16. The molecule has 0 heterocycles. The molecule has 0 atom stereocenters. The zero-order valence-electron chi connectivity index (χ0n) is 10.1. The average Bonchev–Trinajstić information content (AvgIpc) is 2.89. The van der Waals surface area contributed by atoms with Gasteiger partial charge in [0.25, 0.3) is 5.69 Å². The van der Waals surface area contributed by atoms with Gasteiger partial charge in [0.1, 0.15) is 6.07 Å². The summed E-state index contributed by atoms with van der Waals surface area (Å²) in [5.41, 5.74) is 0.982. The monoisotopic (exact) mass is 245 g/mol. The molecular formula is C13H15N3O2. The number of anilines is 1. The zero-order valence-corrected chi connectivity index (χ0v) is 10.1. The lowest BCUT2D eigenvalue weighted by Crippen LogP contribution is -2.11. The van der Waals surface area contributed by atoms with Gasteiger partial charge in [0.2, 0.25) is 0 Å². The lowest BCUT2D eigenvalue weighted by molar-refractivity contribution is -0.384. The minimum absolute atomic E-state index is 0.0435. The number of nitro groups is 1. The third-order valence-electron chi connectivity index (χ3n) is 3.39. The Kier molecular flexibility index (Phi) is 3.78. The molecule has 0 spiro atoms. The fourth-order valence-electron chi connectivity index (χ4n) is 2.36. The topological polar surface area (TPSA) is 79.0 Å². The summed E-state index contributed by atoms with van der Waals surface area (Å²) < 4.78 is 0. The quantitative estimate of drug-likeness (QED) is 0.653. The first-order valence-corrected chi connectivity index (χ1v) is 6.13. The van der Waals surface area contributed by atoms with E-state index in [9.17, 15) is 10.1 Å². The van der Waals surface area contributed by atoms with E-state index in [1.807, 2.05) is 6.07 Å². The van der Waals surface area contributed by atoms with Gasteiger partial charge in [0.05, 0.1) is 16.2 Å². The summed E-state index contributed by atoms with van der Waals surface area (Å²) in [5.74, 6) is 0.659. The Bertz CT molecular complexity index is 487. The minimum atomic E-state index is -0.485. The van der Waals surface area contributed by atoms with Crippen LogP contribution in [0.1, 0.15) is 31.2 Å². The second kappa shape index (κ2) is 5.50. The Morgan fingerprint density at radius 3 is 2.78 bits per heavy atom. The van der Waals surface area contributed by atoms with Crippen molar-refractivity contribution in [2.45, 2.75) is 25.7 Å². The Morgan fingerprint density at radius 2 is 2.17 bits per heavy atom. The molecule has 0 radical (unpaired) electrons. The van der Waals surface area contributed by atoms with Crippen LogP contribution in [0.3, 0.4) is 0 Å². The van der Waals surface area contributed by atoms with Crippen LogP contribution in [0.4, 0.5) is 11.4 Å². The molecule has 0 aromatic heterocycles. The van der Waals surface area contributed by atoms with Gasteiger partial charge in [-0.1, -0.05) is 12.8 Å². The molecule has 0 unspecified atom stereocenters. The highest BCUT2D eigenvalue weighted by Crippen LogP contribution is 2.26. The molecule has 1 fully saturated rings. The van der Waals surface area contributed by atoms with Crippen LogP contribution in [0.25, 0.3) is 0 Å². The minimum Gasteiger partial charge on any atom is -0.384 e. The lowest BCUT2D eigenvalue weighted by Gasteiger charge is -2.12. The number of rotatable bonds is 4. The maximum atomic E-state index is 10.6. The molecule has 1 aliphatic rings. The summed E-state index contributed by atoms with van der Waals surface area (Å²) in [7, 11) is 0. The van der Waals surface area contributed by atoms with E-state index >= 15 is 0 Å². The van der Waals surface area contributed by atoms with E-state index in [1.165, 1.54) is 37.8 Å². The van der Waals surface area contributed by atoms with Gasteiger partial charge in [-0.15, -0.1) is 0 Å². The van der Waals surface area contributed by atoms with Gasteiger partial charge < -0.3 is 5.32 Å². The summed E-state index contributed by atoms with van der Waals surface area (Å²) in [6, 6.07) is 6.36. The van der Waals surface area contributed by atoms with Crippen LogP contribution in [0.2, 0.25) is 0 Å². The normalized spacial score (nSPS) is 15.3. The molecule has 1 saturated carbocycles. The average molecular weight is 245 g/mol. The smallest absolute Gasteiger partial charge is 0.270 e. The number of non-ortho nitro benzene ring substituents is 1. The van der Waals surface area contributed by atoms with Crippen molar-refractivity contribution in [1.29, 1.82) is 5.26 Å². The van der Waals surface area contributed by atoms with Crippen LogP contribution in [-0.4, -0.2) is 11.5 Å². The van der Waals surface area contributed by atoms with E-state index in [2.05, 4.69) is 5.32 Å². The summed E-state index contributed by atoms with van der Waals surface area (Å²) in [6.07, 6.45) is 5.00. The number of nitrogens with one attached hydrogen (secondary N) is 1. The Labute approximate surface area is 106 Å². The van der Waals surface area contributed by atoms with Crippen molar-refractivity contribution in [3.05, 3.63) is 33.9 Å². The number of nitrogens with zero attached hydrogens (tertiary/aromatic N) is 2. The molecule has 94 valence electrons. The first kappa shape index (κ1) is 12.4. The predicted molar refractivity (Wildman–Crippen MR) is 68.3 cm³/mol. The highest BCUT2D eigenvalue weighted by atomic mass is 16.6. The summed E-state index contributed by atoms with van der Waals surface area (Å²) in [5, 5.41) is 22.9. The van der Waals surface area contributed by atoms with E-state index < -0.39 is 4.92 Å². The molecule has 1 aromatic rings. The first-order valence-electron chi connectivity index (χ1n) is 6.13. The summed E-state index contributed by atoms with van der Waals surface area (Å²) in [6.45, 7) is 0.840. The van der Waals surface area contributed by atoms with E-state index in [4.69, 9.17) is 5.26 Å². The molecule has 0 bridgehead atoms. The third kappa shape index (κ3) is 2.77. The molecule has 18 heavy (non-hydrogen) atoms. The molecule has 0 aliphatic heterocycles. The number of nitro benzene ring substituents is 1. The van der Waals surface area contributed by atoms with Gasteiger partial charge in [-0.25, -0.2) is 0 Å². The molecule has 0 amide bonds. The summed E-state index contributed by atoms with van der Waals surface area (Å²) in [4.78, 5) is 10.1. The number of nitriles is 1. The van der Waals surface area contributed by atoms with E-state index in [-0.39, 0.29) is 5.69 Å². The molecular weight excluding hydrogens is 230 g/mol. The molecule has 2 rings (SSSR count). The standard InChI is InChI=1S/C13H15N3O2/c14-8-11-7-12(16(17)18)5-6-13(11)15-9-10-3-1-2-4-10/h5-7,10,15H,1-4,9H2. The van der Waals surface area contributed by atoms with Gasteiger partial charge in [0.15, 0.2) is 0 Å². The molecule has 0 saturated heterocycles. The van der Waals surface area contributed by atoms with Crippen molar-refractivity contribution >= 4 is 11.4 Å². The van der Waals surface area contributed by atoms with Gasteiger partial charge in [-0.3, -0.25) is 10.1 Å². The van der Waals surface area contributed by atoms with E-state index in [0.717, 1.165) is 6.54 Å². The van der Waals surface area contributed by atoms with Crippen molar-refractivity contribution in [2.24, 2.45) is 5.92 Å². The van der Waals surface area contributed by atoms with Crippen LogP contribution in [0, 0.1) is 27.4 Å². The molecule has 1 N–H and O–H groups in total. The second-order valence-corrected chi connectivity index (χ2v) is 4.63. The van der Waals surface area contributed by atoms with Crippen molar-refractivity contribution in [3.8, 4) is 6.07 Å². The maximum Gasteiger partial charge on any atom is 0.270 e.